The van der Waals surface area contributed by atoms with Gasteiger partial charge in [0.25, 0.3) is 0 Å². The van der Waals surface area contributed by atoms with Crippen LogP contribution < -0.4 is 4.90 Å². The Hall–Kier alpha value is -2.29. The minimum absolute atomic E-state index is 0.203. The minimum atomic E-state index is 0.203. The maximum atomic E-state index is 12.8. The highest BCUT2D eigenvalue weighted by Gasteiger charge is 2.45. The zero-order chi connectivity index (χ0) is 17.4. The molecular weight excluding hydrogens is 308 g/mol. The summed E-state index contributed by atoms with van der Waals surface area (Å²) >= 11 is 0. The smallest absolute Gasteiger partial charge is 0.226 e. The van der Waals surface area contributed by atoms with Crippen LogP contribution in [0.3, 0.4) is 0 Å². The van der Waals surface area contributed by atoms with Gasteiger partial charge in [0, 0.05) is 37.8 Å². The Morgan fingerprint density at radius 2 is 1.68 bits per heavy atom. The molecule has 2 fully saturated rings. The molecule has 0 aromatic heterocycles. The van der Waals surface area contributed by atoms with Crippen molar-refractivity contribution in [1.82, 2.24) is 4.90 Å². The first-order valence-electron chi connectivity index (χ1n) is 9.29. The number of rotatable bonds is 3. The first-order chi connectivity index (χ1) is 12.1. The highest BCUT2D eigenvalue weighted by molar-refractivity contribution is 5.83. The SMILES string of the molecule is Cc1ccc(C)c(N2CCN(C(=O)[C@@H]3C[C@@H]3c3ccccc3)CC2)c1. The Labute approximate surface area is 150 Å². The highest BCUT2D eigenvalue weighted by Crippen LogP contribution is 2.48. The van der Waals surface area contributed by atoms with Crippen molar-refractivity contribution >= 4 is 11.6 Å². The molecule has 1 saturated carbocycles. The van der Waals surface area contributed by atoms with Gasteiger partial charge in [-0.05, 0) is 48.9 Å². The average Bonchev–Trinajstić information content (AvgIpc) is 3.45. The van der Waals surface area contributed by atoms with E-state index in [0.29, 0.717) is 11.8 Å². The molecule has 1 aliphatic carbocycles. The topological polar surface area (TPSA) is 23.6 Å². The molecule has 1 heterocycles. The van der Waals surface area contributed by atoms with Gasteiger partial charge in [0.1, 0.15) is 0 Å². The standard InChI is InChI=1S/C22H26N2O/c1-16-8-9-17(2)21(14-16)23-10-12-24(13-11-23)22(25)20-15-19(20)18-6-4-3-5-7-18/h3-9,14,19-20H,10-13,15H2,1-2H3/t19-,20-/m1/s1. The molecule has 0 spiro atoms. The quantitative estimate of drug-likeness (QED) is 0.853. The maximum absolute atomic E-state index is 12.8. The van der Waals surface area contributed by atoms with Gasteiger partial charge < -0.3 is 9.80 Å². The summed E-state index contributed by atoms with van der Waals surface area (Å²) in [4.78, 5) is 17.3. The second-order valence-corrected chi connectivity index (χ2v) is 7.46. The molecule has 2 aromatic rings. The second kappa shape index (κ2) is 6.55. The Balaban J connectivity index is 1.36. The van der Waals surface area contributed by atoms with Crippen LogP contribution in [-0.2, 0) is 4.79 Å². The van der Waals surface area contributed by atoms with Crippen LogP contribution in [0, 0.1) is 19.8 Å². The zero-order valence-corrected chi connectivity index (χ0v) is 15.1. The number of hydrogen-bond donors (Lipinski definition) is 0. The van der Waals surface area contributed by atoms with Crippen LogP contribution >= 0.6 is 0 Å². The van der Waals surface area contributed by atoms with E-state index in [1.807, 2.05) is 6.07 Å². The normalized spacial score (nSPS) is 22.8. The van der Waals surface area contributed by atoms with Crippen molar-refractivity contribution < 1.29 is 4.79 Å². The van der Waals surface area contributed by atoms with Crippen molar-refractivity contribution in [3.8, 4) is 0 Å². The molecule has 2 aromatic carbocycles. The predicted octanol–water partition coefficient (Wildman–Crippen LogP) is 3.76. The van der Waals surface area contributed by atoms with E-state index in [-0.39, 0.29) is 5.92 Å². The Morgan fingerprint density at radius 3 is 2.40 bits per heavy atom. The summed E-state index contributed by atoms with van der Waals surface area (Å²) in [6.07, 6.45) is 1.01. The van der Waals surface area contributed by atoms with Gasteiger partial charge in [-0.3, -0.25) is 4.79 Å². The van der Waals surface area contributed by atoms with E-state index < -0.39 is 0 Å². The summed E-state index contributed by atoms with van der Waals surface area (Å²) < 4.78 is 0. The monoisotopic (exact) mass is 334 g/mol. The molecule has 25 heavy (non-hydrogen) atoms. The van der Waals surface area contributed by atoms with Crippen LogP contribution in [0.4, 0.5) is 5.69 Å². The molecule has 2 aliphatic rings. The molecular formula is C22H26N2O. The summed E-state index contributed by atoms with van der Waals surface area (Å²) in [6, 6.07) is 17.1. The van der Waals surface area contributed by atoms with Crippen molar-refractivity contribution in [1.29, 1.82) is 0 Å². The largest absolute Gasteiger partial charge is 0.368 e. The van der Waals surface area contributed by atoms with E-state index in [0.717, 1.165) is 32.6 Å². The van der Waals surface area contributed by atoms with Crippen LogP contribution in [-0.4, -0.2) is 37.0 Å². The maximum Gasteiger partial charge on any atom is 0.226 e. The van der Waals surface area contributed by atoms with Gasteiger partial charge in [-0.15, -0.1) is 0 Å². The van der Waals surface area contributed by atoms with Crippen molar-refractivity contribution in [3.05, 3.63) is 65.2 Å². The Kier molecular flexibility index (Phi) is 4.24. The lowest BCUT2D eigenvalue weighted by molar-refractivity contribution is -0.132. The van der Waals surface area contributed by atoms with E-state index in [9.17, 15) is 4.79 Å². The first-order valence-corrected chi connectivity index (χ1v) is 9.29. The fraction of sp³-hybridized carbons (Fsp3) is 0.409. The van der Waals surface area contributed by atoms with Gasteiger partial charge >= 0.3 is 0 Å². The zero-order valence-electron chi connectivity index (χ0n) is 15.1. The summed E-state index contributed by atoms with van der Waals surface area (Å²) in [5, 5.41) is 0. The lowest BCUT2D eigenvalue weighted by Crippen LogP contribution is -2.49. The van der Waals surface area contributed by atoms with Crippen LogP contribution in [0.5, 0.6) is 0 Å². The number of hydrogen-bond acceptors (Lipinski definition) is 2. The number of aryl methyl sites for hydroxylation is 2. The molecule has 4 rings (SSSR count). The van der Waals surface area contributed by atoms with Gasteiger partial charge in [0.05, 0.1) is 0 Å². The molecule has 1 saturated heterocycles. The Morgan fingerprint density at radius 1 is 0.960 bits per heavy atom. The number of benzene rings is 2. The third-order valence-corrected chi connectivity index (χ3v) is 5.63. The number of carbonyl (C=O) groups is 1. The number of nitrogens with zero attached hydrogens (tertiary/aromatic N) is 2. The van der Waals surface area contributed by atoms with Crippen LogP contribution in [0.25, 0.3) is 0 Å². The van der Waals surface area contributed by atoms with Crippen LogP contribution in [0.2, 0.25) is 0 Å². The summed E-state index contributed by atoms with van der Waals surface area (Å²) in [6.45, 7) is 7.84. The number of amides is 1. The van der Waals surface area contributed by atoms with Gasteiger partial charge in [-0.2, -0.15) is 0 Å². The fourth-order valence-electron chi connectivity index (χ4n) is 4.00. The minimum Gasteiger partial charge on any atom is -0.368 e. The summed E-state index contributed by atoms with van der Waals surface area (Å²) in [5.41, 5.74) is 5.25. The van der Waals surface area contributed by atoms with Crippen molar-refractivity contribution in [2.24, 2.45) is 5.92 Å². The van der Waals surface area contributed by atoms with Crippen molar-refractivity contribution in [3.63, 3.8) is 0 Å². The van der Waals surface area contributed by atoms with E-state index in [1.165, 1.54) is 22.4 Å². The fourth-order valence-corrected chi connectivity index (χ4v) is 4.00. The molecule has 3 heteroatoms. The third-order valence-electron chi connectivity index (χ3n) is 5.63. The van der Waals surface area contributed by atoms with Crippen LogP contribution in [0.1, 0.15) is 29.0 Å². The van der Waals surface area contributed by atoms with E-state index in [1.54, 1.807) is 0 Å². The molecule has 0 radical (unpaired) electrons. The number of piperazine rings is 1. The molecule has 0 N–H and O–H groups in total. The van der Waals surface area contributed by atoms with Gasteiger partial charge in [-0.1, -0.05) is 42.5 Å². The van der Waals surface area contributed by atoms with Gasteiger partial charge in [-0.25, -0.2) is 0 Å². The van der Waals surface area contributed by atoms with Crippen molar-refractivity contribution in [2.45, 2.75) is 26.2 Å². The van der Waals surface area contributed by atoms with E-state index in [2.05, 4.69) is 66.1 Å². The summed E-state index contributed by atoms with van der Waals surface area (Å²) in [7, 11) is 0. The second-order valence-electron chi connectivity index (χ2n) is 7.46. The lowest BCUT2D eigenvalue weighted by atomic mass is 10.1. The molecule has 0 unspecified atom stereocenters. The number of anilines is 1. The summed E-state index contributed by atoms with van der Waals surface area (Å²) in [5.74, 6) is 0.995. The third kappa shape index (κ3) is 3.28. The van der Waals surface area contributed by atoms with Gasteiger partial charge in [0.2, 0.25) is 5.91 Å². The molecule has 1 amide bonds. The van der Waals surface area contributed by atoms with E-state index >= 15 is 0 Å². The molecule has 2 atom stereocenters. The first kappa shape index (κ1) is 16.2. The molecule has 130 valence electrons. The van der Waals surface area contributed by atoms with Crippen LogP contribution in [0.15, 0.2) is 48.5 Å². The molecule has 3 nitrogen and oxygen atoms in total. The van der Waals surface area contributed by atoms with Gasteiger partial charge in [0.15, 0.2) is 0 Å². The average molecular weight is 334 g/mol. The predicted molar refractivity (Wildman–Crippen MR) is 102 cm³/mol. The highest BCUT2D eigenvalue weighted by atomic mass is 16.2. The molecule has 1 aliphatic heterocycles. The molecule has 0 bridgehead atoms. The van der Waals surface area contributed by atoms with Crippen molar-refractivity contribution in [2.75, 3.05) is 31.1 Å². The lowest BCUT2D eigenvalue weighted by Gasteiger charge is -2.37. The Bertz CT molecular complexity index is 763. The van der Waals surface area contributed by atoms with E-state index in [4.69, 9.17) is 0 Å². The number of carbonyl (C=O) groups excluding carboxylic acids is 1.